The molecule has 2 aromatic heterocycles. The number of carbonyl (C=O) groups excluding carboxylic acids is 1. The van der Waals surface area contributed by atoms with E-state index in [0.29, 0.717) is 29.3 Å². The van der Waals surface area contributed by atoms with Crippen LogP contribution in [0.1, 0.15) is 21.9 Å². The summed E-state index contributed by atoms with van der Waals surface area (Å²) in [5.74, 6) is 0.257. The third-order valence-electron chi connectivity index (χ3n) is 5.69. The number of pyridine rings is 1. The Hall–Kier alpha value is -3.16. The van der Waals surface area contributed by atoms with Crippen LogP contribution in [0.3, 0.4) is 0 Å². The zero-order valence-electron chi connectivity index (χ0n) is 17.4. The van der Waals surface area contributed by atoms with Gasteiger partial charge in [-0.05, 0) is 38.1 Å². The van der Waals surface area contributed by atoms with Crippen LogP contribution in [0, 0.1) is 13.8 Å². The summed E-state index contributed by atoms with van der Waals surface area (Å²) >= 11 is 6.45. The van der Waals surface area contributed by atoms with Crippen molar-refractivity contribution in [3.8, 4) is 5.69 Å². The molecular formula is C23H22ClN5O2. The van der Waals surface area contributed by atoms with Crippen LogP contribution in [0.4, 0.5) is 5.69 Å². The van der Waals surface area contributed by atoms with Gasteiger partial charge in [0.05, 0.1) is 40.5 Å². The van der Waals surface area contributed by atoms with E-state index in [1.54, 1.807) is 0 Å². The normalized spacial score (nSPS) is 14.5. The summed E-state index contributed by atoms with van der Waals surface area (Å²) < 4.78 is 7.54. The van der Waals surface area contributed by atoms with E-state index >= 15 is 0 Å². The monoisotopic (exact) mass is 435 g/mol. The molecule has 1 fully saturated rings. The van der Waals surface area contributed by atoms with Crippen LogP contribution in [-0.2, 0) is 4.74 Å². The van der Waals surface area contributed by atoms with E-state index in [9.17, 15) is 4.79 Å². The SMILES string of the molecule is Cc1cc(-n2c(C)nc3c(C(N)=O)cc(N4CCOCC4)cc32)c2cccc(Cl)c2n1. The lowest BCUT2D eigenvalue weighted by Gasteiger charge is -2.29. The molecular weight excluding hydrogens is 414 g/mol. The molecule has 158 valence electrons. The van der Waals surface area contributed by atoms with Gasteiger partial charge < -0.3 is 15.4 Å². The number of para-hydroxylation sites is 1. The van der Waals surface area contributed by atoms with E-state index in [4.69, 9.17) is 27.1 Å². The number of halogens is 1. The third kappa shape index (κ3) is 3.30. The van der Waals surface area contributed by atoms with Gasteiger partial charge in [0.15, 0.2) is 0 Å². The molecule has 1 aliphatic heterocycles. The van der Waals surface area contributed by atoms with Crippen molar-refractivity contribution in [2.45, 2.75) is 13.8 Å². The van der Waals surface area contributed by atoms with Gasteiger partial charge in [0, 0.05) is 29.9 Å². The second-order valence-electron chi connectivity index (χ2n) is 7.74. The number of hydrogen-bond acceptors (Lipinski definition) is 5. The van der Waals surface area contributed by atoms with E-state index in [-0.39, 0.29) is 0 Å². The summed E-state index contributed by atoms with van der Waals surface area (Å²) in [6.07, 6.45) is 0. The van der Waals surface area contributed by atoms with Crippen LogP contribution in [-0.4, -0.2) is 46.7 Å². The first-order valence-electron chi connectivity index (χ1n) is 10.2. The molecule has 5 rings (SSSR count). The number of hydrogen-bond donors (Lipinski definition) is 1. The fourth-order valence-corrected chi connectivity index (χ4v) is 4.50. The van der Waals surface area contributed by atoms with Gasteiger partial charge in [-0.3, -0.25) is 14.3 Å². The molecule has 4 aromatic rings. The van der Waals surface area contributed by atoms with Gasteiger partial charge in [-0.25, -0.2) is 4.98 Å². The Morgan fingerprint density at radius 3 is 2.61 bits per heavy atom. The zero-order chi connectivity index (χ0) is 21.7. The molecule has 1 aliphatic rings. The predicted octanol–water partition coefficient (Wildman–Crippen LogP) is 3.78. The largest absolute Gasteiger partial charge is 0.378 e. The number of nitrogens with two attached hydrogens (primary N) is 1. The van der Waals surface area contributed by atoms with Gasteiger partial charge in [0.25, 0.3) is 5.91 Å². The minimum absolute atomic E-state index is 0.411. The number of ether oxygens (including phenoxy) is 1. The van der Waals surface area contributed by atoms with Crippen LogP contribution >= 0.6 is 11.6 Å². The van der Waals surface area contributed by atoms with E-state index in [1.807, 2.05) is 44.2 Å². The molecule has 2 aromatic carbocycles. The number of anilines is 1. The van der Waals surface area contributed by atoms with Gasteiger partial charge in [0.2, 0.25) is 0 Å². The van der Waals surface area contributed by atoms with Crippen LogP contribution < -0.4 is 10.6 Å². The van der Waals surface area contributed by atoms with E-state index in [1.165, 1.54) is 0 Å². The Kier molecular flexibility index (Phi) is 4.79. The highest BCUT2D eigenvalue weighted by Gasteiger charge is 2.21. The van der Waals surface area contributed by atoms with Crippen molar-refractivity contribution in [1.82, 2.24) is 14.5 Å². The molecule has 0 atom stereocenters. The number of amides is 1. The first-order chi connectivity index (χ1) is 14.9. The Labute approximate surface area is 184 Å². The zero-order valence-corrected chi connectivity index (χ0v) is 18.1. The third-order valence-corrected chi connectivity index (χ3v) is 6.00. The number of morpholine rings is 1. The lowest BCUT2D eigenvalue weighted by molar-refractivity contribution is 0.100. The highest BCUT2D eigenvalue weighted by molar-refractivity contribution is 6.35. The molecule has 0 spiro atoms. The van der Waals surface area contributed by atoms with Crippen LogP contribution in [0.5, 0.6) is 0 Å². The van der Waals surface area contributed by atoms with Gasteiger partial charge >= 0.3 is 0 Å². The molecule has 0 bridgehead atoms. The van der Waals surface area contributed by atoms with Gasteiger partial charge in [0.1, 0.15) is 11.3 Å². The van der Waals surface area contributed by atoms with Crippen LogP contribution in [0.2, 0.25) is 5.02 Å². The van der Waals surface area contributed by atoms with Gasteiger partial charge in [-0.15, -0.1) is 0 Å². The van der Waals surface area contributed by atoms with Crippen molar-refractivity contribution in [3.63, 3.8) is 0 Å². The van der Waals surface area contributed by atoms with Gasteiger partial charge in [-0.1, -0.05) is 23.7 Å². The van der Waals surface area contributed by atoms with Crippen molar-refractivity contribution in [3.05, 3.63) is 58.5 Å². The summed E-state index contributed by atoms with van der Waals surface area (Å²) in [4.78, 5) is 23.9. The number of nitrogens with zero attached hydrogens (tertiary/aromatic N) is 4. The summed E-state index contributed by atoms with van der Waals surface area (Å²) in [5, 5.41) is 1.51. The fraction of sp³-hybridized carbons (Fsp3) is 0.261. The number of fused-ring (bicyclic) bond motifs is 2. The average Bonchev–Trinajstić information content (AvgIpc) is 3.09. The topological polar surface area (TPSA) is 86.3 Å². The number of rotatable bonds is 3. The first kappa shape index (κ1) is 19.8. The molecule has 31 heavy (non-hydrogen) atoms. The summed E-state index contributed by atoms with van der Waals surface area (Å²) in [6.45, 7) is 6.66. The molecule has 0 aliphatic carbocycles. The van der Waals surface area contributed by atoms with Crippen LogP contribution in [0.15, 0.2) is 36.4 Å². The maximum atomic E-state index is 12.3. The molecule has 0 unspecified atom stereocenters. The maximum absolute atomic E-state index is 12.3. The molecule has 0 saturated carbocycles. The number of aryl methyl sites for hydroxylation is 2. The van der Waals surface area contributed by atoms with Gasteiger partial charge in [-0.2, -0.15) is 0 Å². The Morgan fingerprint density at radius 2 is 1.87 bits per heavy atom. The standard InChI is InChI=1S/C23H22ClN5O2/c1-13-10-19(16-4-3-5-18(24)21(16)26-13)29-14(2)27-22-17(23(25)30)11-15(12-20(22)29)28-6-8-31-9-7-28/h3-5,10-12H,6-9H2,1-2H3,(H2,25,30). The number of imidazole rings is 1. The maximum Gasteiger partial charge on any atom is 0.251 e. The summed E-state index contributed by atoms with van der Waals surface area (Å²) in [7, 11) is 0. The summed E-state index contributed by atoms with van der Waals surface area (Å²) in [6, 6.07) is 11.7. The summed E-state index contributed by atoms with van der Waals surface area (Å²) in [5.41, 5.74) is 11.0. The fourth-order valence-electron chi connectivity index (χ4n) is 4.28. The first-order valence-corrected chi connectivity index (χ1v) is 10.5. The predicted molar refractivity (Wildman–Crippen MR) is 122 cm³/mol. The van der Waals surface area contributed by atoms with E-state index < -0.39 is 5.91 Å². The lowest BCUT2D eigenvalue weighted by atomic mass is 10.1. The van der Waals surface area contributed by atoms with E-state index in [0.717, 1.165) is 52.4 Å². The molecule has 1 saturated heterocycles. The molecule has 7 nitrogen and oxygen atoms in total. The minimum Gasteiger partial charge on any atom is -0.378 e. The highest BCUT2D eigenvalue weighted by Crippen LogP contribution is 2.33. The second-order valence-corrected chi connectivity index (χ2v) is 8.15. The van der Waals surface area contributed by atoms with Crippen LogP contribution in [0.25, 0.3) is 27.6 Å². The number of carbonyl (C=O) groups is 1. The minimum atomic E-state index is -0.497. The smallest absolute Gasteiger partial charge is 0.251 e. The average molecular weight is 436 g/mol. The van der Waals surface area contributed by atoms with Crippen molar-refractivity contribution in [1.29, 1.82) is 0 Å². The second kappa shape index (κ2) is 7.51. The molecule has 1 amide bonds. The van der Waals surface area contributed by atoms with Crippen molar-refractivity contribution in [2.75, 3.05) is 31.2 Å². The number of primary amides is 1. The van der Waals surface area contributed by atoms with Crippen molar-refractivity contribution >= 4 is 45.1 Å². The molecule has 8 heteroatoms. The number of benzene rings is 2. The Balaban J connectivity index is 1.84. The lowest BCUT2D eigenvalue weighted by Crippen LogP contribution is -2.36. The molecule has 3 heterocycles. The van der Waals surface area contributed by atoms with E-state index in [2.05, 4.69) is 20.5 Å². The molecule has 2 N–H and O–H groups in total. The Morgan fingerprint density at radius 1 is 1.10 bits per heavy atom. The molecule has 0 radical (unpaired) electrons. The quantitative estimate of drug-likeness (QED) is 0.529. The van der Waals surface area contributed by atoms with Crippen molar-refractivity contribution < 1.29 is 9.53 Å². The van der Waals surface area contributed by atoms with Crippen molar-refractivity contribution in [2.24, 2.45) is 5.73 Å². The Bertz CT molecular complexity index is 1340. The highest BCUT2D eigenvalue weighted by atomic mass is 35.5. The number of aromatic nitrogens is 3.